The number of rotatable bonds is 6. The van der Waals surface area contributed by atoms with Gasteiger partial charge < -0.3 is 10.2 Å². The zero-order chi connectivity index (χ0) is 13.7. The lowest BCUT2D eigenvalue weighted by Crippen LogP contribution is -2.33. The number of likely N-dealkylation sites (N-methyl/N-ethyl adjacent to an activating group) is 1. The number of hydrogen-bond donors (Lipinski definition) is 2. The largest absolute Gasteiger partial charge is 0.308 e. The van der Waals surface area contributed by atoms with Gasteiger partial charge in [-0.15, -0.1) is 0 Å². The normalized spacial score (nSPS) is 14.5. The maximum Gasteiger partial charge on any atom is 0.0518 e. The van der Waals surface area contributed by atoms with Crippen molar-refractivity contribution in [2.24, 2.45) is 0 Å². The molecule has 2 N–H and O–H groups in total. The maximum absolute atomic E-state index is 4.01. The molecule has 1 aromatic heterocycles. The predicted octanol–water partition coefficient (Wildman–Crippen LogP) is 2.36. The van der Waals surface area contributed by atoms with Gasteiger partial charge in [0.25, 0.3) is 0 Å². The Bertz CT molecular complexity index is 464. The SMILES string of the molecule is CC(NC(CN(C)C)c1ccccc1)c1ccn[nH]1. The Kier molecular flexibility index (Phi) is 4.71. The predicted molar refractivity (Wildman–Crippen MR) is 77.9 cm³/mol. The Morgan fingerprint density at radius 3 is 2.53 bits per heavy atom. The van der Waals surface area contributed by atoms with Crippen molar-refractivity contribution < 1.29 is 0 Å². The summed E-state index contributed by atoms with van der Waals surface area (Å²) in [6.07, 6.45) is 1.79. The van der Waals surface area contributed by atoms with E-state index in [0.29, 0.717) is 6.04 Å². The van der Waals surface area contributed by atoms with Crippen molar-refractivity contribution in [2.45, 2.75) is 19.0 Å². The maximum atomic E-state index is 4.01. The molecule has 0 amide bonds. The number of hydrogen-bond acceptors (Lipinski definition) is 3. The summed E-state index contributed by atoms with van der Waals surface area (Å²) >= 11 is 0. The summed E-state index contributed by atoms with van der Waals surface area (Å²) in [6, 6.07) is 13.1. The van der Waals surface area contributed by atoms with Gasteiger partial charge in [0.1, 0.15) is 0 Å². The van der Waals surface area contributed by atoms with Crippen LogP contribution in [0.4, 0.5) is 0 Å². The van der Waals surface area contributed by atoms with Crippen LogP contribution in [0.3, 0.4) is 0 Å². The molecule has 0 spiro atoms. The lowest BCUT2D eigenvalue weighted by molar-refractivity contribution is 0.324. The van der Waals surface area contributed by atoms with Crippen LogP contribution >= 0.6 is 0 Å². The van der Waals surface area contributed by atoms with Crippen LogP contribution in [0.25, 0.3) is 0 Å². The average molecular weight is 258 g/mol. The van der Waals surface area contributed by atoms with Crippen LogP contribution in [-0.2, 0) is 0 Å². The van der Waals surface area contributed by atoms with E-state index in [2.05, 4.69) is 71.8 Å². The molecule has 0 aliphatic rings. The lowest BCUT2D eigenvalue weighted by Gasteiger charge is -2.26. The van der Waals surface area contributed by atoms with Gasteiger partial charge in [0.15, 0.2) is 0 Å². The van der Waals surface area contributed by atoms with Crippen molar-refractivity contribution in [1.29, 1.82) is 0 Å². The Hall–Kier alpha value is -1.65. The summed E-state index contributed by atoms with van der Waals surface area (Å²) in [5.41, 5.74) is 2.42. The molecule has 4 nitrogen and oxygen atoms in total. The minimum atomic E-state index is 0.243. The van der Waals surface area contributed by atoms with E-state index in [9.17, 15) is 0 Å². The molecular formula is C15H22N4. The average Bonchev–Trinajstić information content (AvgIpc) is 2.92. The fourth-order valence-electron chi connectivity index (χ4n) is 2.20. The van der Waals surface area contributed by atoms with Gasteiger partial charge >= 0.3 is 0 Å². The summed E-state index contributed by atoms with van der Waals surface area (Å²) in [6.45, 7) is 3.11. The summed E-state index contributed by atoms with van der Waals surface area (Å²) in [7, 11) is 4.19. The monoisotopic (exact) mass is 258 g/mol. The van der Waals surface area contributed by atoms with Crippen LogP contribution in [0.1, 0.15) is 30.3 Å². The van der Waals surface area contributed by atoms with E-state index in [1.807, 2.05) is 6.07 Å². The second-order valence-corrected chi connectivity index (χ2v) is 5.13. The van der Waals surface area contributed by atoms with Crippen LogP contribution in [0, 0.1) is 0 Å². The second-order valence-electron chi connectivity index (χ2n) is 5.13. The van der Waals surface area contributed by atoms with E-state index in [1.165, 1.54) is 5.56 Å². The third-order valence-corrected chi connectivity index (χ3v) is 3.19. The molecule has 2 aromatic rings. The molecule has 0 saturated carbocycles. The molecule has 1 aromatic carbocycles. The van der Waals surface area contributed by atoms with Crippen molar-refractivity contribution >= 4 is 0 Å². The molecule has 0 saturated heterocycles. The van der Waals surface area contributed by atoms with Crippen LogP contribution in [-0.4, -0.2) is 35.7 Å². The van der Waals surface area contributed by atoms with Crippen LogP contribution in [0.5, 0.6) is 0 Å². The van der Waals surface area contributed by atoms with Crippen molar-refractivity contribution in [3.63, 3.8) is 0 Å². The molecule has 102 valence electrons. The van der Waals surface area contributed by atoms with Crippen LogP contribution < -0.4 is 5.32 Å². The van der Waals surface area contributed by atoms with Crippen molar-refractivity contribution in [2.75, 3.05) is 20.6 Å². The van der Waals surface area contributed by atoms with E-state index in [-0.39, 0.29) is 6.04 Å². The fourth-order valence-corrected chi connectivity index (χ4v) is 2.20. The first-order chi connectivity index (χ1) is 9.16. The summed E-state index contributed by atoms with van der Waals surface area (Å²) in [4.78, 5) is 2.20. The number of aromatic nitrogens is 2. The number of benzene rings is 1. The van der Waals surface area contributed by atoms with Crippen LogP contribution in [0.2, 0.25) is 0 Å². The Balaban J connectivity index is 2.10. The number of aromatic amines is 1. The molecule has 4 heteroatoms. The standard InChI is InChI=1S/C15H22N4/c1-12(14-9-10-16-18-14)17-15(11-19(2)3)13-7-5-4-6-8-13/h4-10,12,15,17H,11H2,1-3H3,(H,16,18). The van der Waals surface area contributed by atoms with Gasteiger partial charge in [-0.2, -0.15) is 5.10 Å². The highest BCUT2D eigenvalue weighted by Crippen LogP contribution is 2.18. The van der Waals surface area contributed by atoms with Gasteiger partial charge in [0.05, 0.1) is 5.69 Å². The minimum Gasteiger partial charge on any atom is -0.308 e. The molecule has 2 rings (SSSR count). The first kappa shape index (κ1) is 13.8. The molecule has 1 heterocycles. The Morgan fingerprint density at radius 1 is 1.21 bits per heavy atom. The van der Waals surface area contributed by atoms with Crippen molar-refractivity contribution in [3.05, 3.63) is 53.9 Å². The Morgan fingerprint density at radius 2 is 1.95 bits per heavy atom. The number of nitrogens with zero attached hydrogens (tertiary/aromatic N) is 2. The molecular weight excluding hydrogens is 236 g/mol. The second kappa shape index (κ2) is 6.50. The van der Waals surface area contributed by atoms with Gasteiger partial charge in [-0.25, -0.2) is 0 Å². The number of nitrogens with one attached hydrogen (secondary N) is 2. The smallest absolute Gasteiger partial charge is 0.0518 e. The number of H-pyrrole nitrogens is 1. The highest BCUT2D eigenvalue weighted by Gasteiger charge is 2.16. The van der Waals surface area contributed by atoms with Gasteiger partial charge in [-0.1, -0.05) is 30.3 Å². The van der Waals surface area contributed by atoms with E-state index in [0.717, 1.165) is 12.2 Å². The third-order valence-electron chi connectivity index (χ3n) is 3.19. The van der Waals surface area contributed by atoms with Crippen molar-refractivity contribution in [3.8, 4) is 0 Å². The highest BCUT2D eigenvalue weighted by atomic mass is 15.1. The highest BCUT2D eigenvalue weighted by molar-refractivity contribution is 5.20. The van der Waals surface area contributed by atoms with E-state index in [1.54, 1.807) is 6.20 Å². The molecule has 0 radical (unpaired) electrons. The van der Waals surface area contributed by atoms with E-state index in [4.69, 9.17) is 0 Å². The first-order valence-electron chi connectivity index (χ1n) is 6.62. The zero-order valence-corrected chi connectivity index (χ0v) is 11.8. The van der Waals surface area contributed by atoms with Gasteiger partial charge in [-0.05, 0) is 32.6 Å². The molecule has 0 bridgehead atoms. The van der Waals surface area contributed by atoms with E-state index < -0.39 is 0 Å². The fraction of sp³-hybridized carbons (Fsp3) is 0.400. The topological polar surface area (TPSA) is 44.0 Å². The minimum absolute atomic E-state index is 0.243. The van der Waals surface area contributed by atoms with Crippen LogP contribution in [0.15, 0.2) is 42.6 Å². The quantitative estimate of drug-likeness (QED) is 0.836. The zero-order valence-electron chi connectivity index (χ0n) is 11.8. The summed E-state index contributed by atoms with van der Waals surface area (Å²) in [5, 5.41) is 10.7. The molecule has 19 heavy (non-hydrogen) atoms. The van der Waals surface area contributed by atoms with Gasteiger partial charge in [0.2, 0.25) is 0 Å². The Labute approximate surface area is 114 Å². The molecule has 0 aliphatic heterocycles. The lowest BCUT2D eigenvalue weighted by atomic mass is 10.0. The first-order valence-corrected chi connectivity index (χ1v) is 6.62. The van der Waals surface area contributed by atoms with Crippen molar-refractivity contribution in [1.82, 2.24) is 20.4 Å². The van der Waals surface area contributed by atoms with Gasteiger partial charge in [0, 0.05) is 24.8 Å². The molecule has 0 aliphatic carbocycles. The van der Waals surface area contributed by atoms with E-state index >= 15 is 0 Å². The summed E-state index contributed by atoms with van der Waals surface area (Å²) in [5.74, 6) is 0. The van der Waals surface area contributed by atoms with Gasteiger partial charge in [-0.3, -0.25) is 5.10 Å². The molecule has 2 atom stereocenters. The third kappa shape index (κ3) is 3.91. The summed E-state index contributed by atoms with van der Waals surface area (Å²) < 4.78 is 0. The molecule has 2 unspecified atom stereocenters. The molecule has 0 fully saturated rings.